The van der Waals surface area contributed by atoms with Crippen LogP contribution in [0.2, 0.25) is 0 Å². The Hall–Kier alpha value is -2.34. The van der Waals surface area contributed by atoms with Gasteiger partial charge < -0.3 is 16.4 Å². The van der Waals surface area contributed by atoms with Gasteiger partial charge in [-0.2, -0.15) is 0 Å². The molecule has 1 heterocycles. The fourth-order valence-electron chi connectivity index (χ4n) is 2.70. The van der Waals surface area contributed by atoms with Gasteiger partial charge in [0.2, 0.25) is 0 Å². The number of hydrogen-bond acceptors (Lipinski definition) is 4. The molecule has 23 heavy (non-hydrogen) atoms. The highest BCUT2D eigenvalue weighted by Crippen LogP contribution is 2.23. The molecule has 1 fully saturated rings. The second-order valence-corrected chi connectivity index (χ2v) is 6.74. The molecular weight excluding hydrogens is 310 g/mol. The maximum absolute atomic E-state index is 12.3. The summed E-state index contributed by atoms with van der Waals surface area (Å²) in [6, 6.07) is 10.7. The normalized spacial score (nSPS) is 14.6. The largest absolute Gasteiger partial charge is 0.397 e. The van der Waals surface area contributed by atoms with E-state index in [-0.39, 0.29) is 17.9 Å². The molecular formula is C17H19N3O2S. The molecule has 0 atom stereocenters. The molecule has 1 aliphatic carbocycles. The molecule has 0 spiro atoms. The van der Waals surface area contributed by atoms with Crippen molar-refractivity contribution in [2.45, 2.75) is 31.7 Å². The molecule has 5 nitrogen and oxygen atoms in total. The number of thiophene rings is 1. The van der Waals surface area contributed by atoms with Crippen LogP contribution in [0, 0.1) is 0 Å². The zero-order valence-corrected chi connectivity index (χ0v) is 13.5. The second-order valence-electron chi connectivity index (χ2n) is 5.66. The second kappa shape index (κ2) is 6.83. The van der Waals surface area contributed by atoms with Gasteiger partial charge in [0.15, 0.2) is 0 Å². The maximum atomic E-state index is 12.3. The molecule has 3 rings (SSSR count). The third-order valence-corrected chi connectivity index (χ3v) is 5.04. The molecule has 2 amide bonds. The van der Waals surface area contributed by atoms with E-state index in [1.807, 2.05) is 6.07 Å². The highest BCUT2D eigenvalue weighted by molar-refractivity contribution is 7.16. The van der Waals surface area contributed by atoms with Gasteiger partial charge in [0, 0.05) is 6.04 Å². The summed E-state index contributed by atoms with van der Waals surface area (Å²) in [5.74, 6) is -0.354. The lowest BCUT2D eigenvalue weighted by Gasteiger charge is -2.10. The van der Waals surface area contributed by atoms with E-state index in [0.29, 0.717) is 21.1 Å². The summed E-state index contributed by atoms with van der Waals surface area (Å²) in [6.07, 6.45) is 4.42. The molecule has 2 aromatic rings. The van der Waals surface area contributed by atoms with E-state index < -0.39 is 0 Å². The summed E-state index contributed by atoms with van der Waals surface area (Å²) in [7, 11) is 0. The smallest absolute Gasteiger partial charge is 0.265 e. The molecule has 1 aliphatic rings. The molecule has 1 aromatic carbocycles. The number of para-hydroxylation sites is 2. The number of nitrogens with one attached hydrogen (secondary N) is 2. The lowest BCUT2D eigenvalue weighted by Crippen LogP contribution is -2.31. The Morgan fingerprint density at radius 1 is 1.00 bits per heavy atom. The van der Waals surface area contributed by atoms with Crippen molar-refractivity contribution in [1.82, 2.24) is 5.32 Å². The molecule has 0 radical (unpaired) electrons. The molecule has 0 unspecified atom stereocenters. The minimum absolute atomic E-state index is 0.0971. The molecule has 4 N–H and O–H groups in total. The van der Waals surface area contributed by atoms with Crippen molar-refractivity contribution >= 4 is 34.5 Å². The Kier molecular flexibility index (Phi) is 4.62. The van der Waals surface area contributed by atoms with Crippen molar-refractivity contribution in [3.05, 3.63) is 46.2 Å². The van der Waals surface area contributed by atoms with Gasteiger partial charge in [-0.25, -0.2) is 0 Å². The number of rotatable bonds is 4. The highest BCUT2D eigenvalue weighted by Gasteiger charge is 2.20. The first-order valence-corrected chi connectivity index (χ1v) is 8.51. The van der Waals surface area contributed by atoms with Crippen LogP contribution in [0.5, 0.6) is 0 Å². The van der Waals surface area contributed by atoms with Crippen LogP contribution in [0.15, 0.2) is 36.4 Å². The lowest BCUT2D eigenvalue weighted by molar-refractivity contribution is 0.0941. The van der Waals surface area contributed by atoms with Crippen LogP contribution in [-0.4, -0.2) is 17.9 Å². The Morgan fingerprint density at radius 3 is 2.35 bits per heavy atom. The van der Waals surface area contributed by atoms with Crippen molar-refractivity contribution < 1.29 is 9.59 Å². The van der Waals surface area contributed by atoms with Gasteiger partial charge in [0.05, 0.1) is 21.1 Å². The average molecular weight is 329 g/mol. The first kappa shape index (κ1) is 15.6. The Bertz CT molecular complexity index is 720. The zero-order valence-electron chi connectivity index (χ0n) is 12.7. The molecule has 1 aromatic heterocycles. The van der Waals surface area contributed by atoms with Crippen LogP contribution in [0.4, 0.5) is 11.4 Å². The van der Waals surface area contributed by atoms with Gasteiger partial charge >= 0.3 is 0 Å². The average Bonchev–Trinajstić information content (AvgIpc) is 3.20. The number of hydrogen-bond donors (Lipinski definition) is 3. The summed E-state index contributed by atoms with van der Waals surface area (Å²) in [4.78, 5) is 25.5. The van der Waals surface area contributed by atoms with Crippen molar-refractivity contribution in [2.75, 3.05) is 11.1 Å². The van der Waals surface area contributed by atoms with Gasteiger partial charge in [-0.3, -0.25) is 9.59 Å². The van der Waals surface area contributed by atoms with E-state index in [9.17, 15) is 9.59 Å². The van der Waals surface area contributed by atoms with Gasteiger partial charge in [-0.05, 0) is 37.1 Å². The molecule has 120 valence electrons. The number of nitrogens with two attached hydrogens (primary N) is 1. The lowest BCUT2D eigenvalue weighted by atomic mass is 10.2. The van der Waals surface area contributed by atoms with E-state index in [2.05, 4.69) is 10.6 Å². The van der Waals surface area contributed by atoms with E-state index in [4.69, 9.17) is 5.73 Å². The summed E-state index contributed by atoms with van der Waals surface area (Å²) in [5, 5.41) is 5.79. The third-order valence-electron chi connectivity index (χ3n) is 3.95. The van der Waals surface area contributed by atoms with Crippen LogP contribution < -0.4 is 16.4 Å². The number of amides is 2. The fourth-order valence-corrected chi connectivity index (χ4v) is 3.51. The summed E-state index contributed by atoms with van der Waals surface area (Å²) < 4.78 is 0. The molecule has 0 saturated heterocycles. The third kappa shape index (κ3) is 3.71. The number of benzene rings is 1. The summed E-state index contributed by atoms with van der Waals surface area (Å²) in [5.41, 5.74) is 6.90. The van der Waals surface area contributed by atoms with E-state index in [1.54, 1.807) is 30.3 Å². The first-order chi connectivity index (χ1) is 11.1. The summed E-state index contributed by atoms with van der Waals surface area (Å²) in [6.45, 7) is 0. The fraction of sp³-hybridized carbons (Fsp3) is 0.294. The van der Waals surface area contributed by atoms with E-state index >= 15 is 0 Å². The van der Waals surface area contributed by atoms with Crippen LogP contribution in [0.1, 0.15) is 45.0 Å². The molecule has 1 saturated carbocycles. The van der Waals surface area contributed by atoms with Crippen LogP contribution >= 0.6 is 11.3 Å². The maximum Gasteiger partial charge on any atom is 0.265 e. The quantitative estimate of drug-likeness (QED) is 0.753. The van der Waals surface area contributed by atoms with Crippen LogP contribution in [0.25, 0.3) is 0 Å². The first-order valence-electron chi connectivity index (χ1n) is 7.70. The minimum atomic E-state index is -0.257. The topological polar surface area (TPSA) is 84.2 Å². The monoisotopic (exact) mass is 329 g/mol. The van der Waals surface area contributed by atoms with E-state index in [0.717, 1.165) is 12.8 Å². The van der Waals surface area contributed by atoms with Gasteiger partial charge in [-0.15, -0.1) is 11.3 Å². The minimum Gasteiger partial charge on any atom is -0.397 e. The van der Waals surface area contributed by atoms with Crippen LogP contribution in [-0.2, 0) is 0 Å². The SMILES string of the molecule is Nc1ccccc1NC(=O)c1ccc(C(=O)NC2CCCC2)s1. The molecule has 0 aliphatic heterocycles. The van der Waals surface area contributed by atoms with Crippen molar-refractivity contribution in [2.24, 2.45) is 0 Å². The number of anilines is 2. The number of carbonyl (C=O) groups is 2. The summed E-state index contributed by atoms with van der Waals surface area (Å²) >= 11 is 1.19. The van der Waals surface area contributed by atoms with Crippen LogP contribution in [0.3, 0.4) is 0 Å². The van der Waals surface area contributed by atoms with Crippen molar-refractivity contribution in [3.63, 3.8) is 0 Å². The number of carbonyl (C=O) groups excluding carboxylic acids is 2. The standard InChI is InChI=1S/C17H19N3O2S/c18-12-7-3-4-8-13(12)20-17(22)15-10-9-14(23-15)16(21)19-11-5-1-2-6-11/h3-4,7-11H,1-2,5-6,18H2,(H,19,21)(H,20,22). The Labute approximate surface area is 138 Å². The Morgan fingerprint density at radius 2 is 1.65 bits per heavy atom. The van der Waals surface area contributed by atoms with Gasteiger partial charge in [0.1, 0.15) is 0 Å². The molecule has 0 bridgehead atoms. The molecule has 6 heteroatoms. The highest BCUT2D eigenvalue weighted by atomic mass is 32.1. The van der Waals surface area contributed by atoms with Crippen molar-refractivity contribution in [1.29, 1.82) is 0 Å². The number of nitrogen functional groups attached to an aromatic ring is 1. The van der Waals surface area contributed by atoms with Crippen molar-refractivity contribution in [3.8, 4) is 0 Å². The van der Waals surface area contributed by atoms with Gasteiger partial charge in [-0.1, -0.05) is 25.0 Å². The Balaban J connectivity index is 1.65. The predicted molar refractivity (Wildman–Crippen MR) is 92.8 cm³/mol. The zero-order chi connectivity index (χ0) is 16.2. The van der Waals surface area contributed by atoms with E-state index in [1.165, 1.54) is 24.2 Å². The van der Waals surface area contributed by atoms with Gasteiger partial charge in [0.25, 0.3) is 11.8 Å². The predicted octanol–water partition coefficient (Wildman–Crippen LogP) is 3.26.